The maximum atomic E-state index is 12.2. The van der Waals surface area contributed by atoms with Crippen LogP contribution in [0.4, 0.5) is 5.69 Å². The lowest BCUT2D eigenvalue weighted by Gasteiger charge is -2.29. The lowest BCUT2D eigenvalue weighted by Crippen LogP contribution is -2.39. The van der Waals surface area contributed by atoms with E-state index in [4.69, 9.17) is 10.5 Å². The van der Waals surface area contributed by atoms with Gasteiger partial charge in [-0.2, -0.15) is 0 Å². The highest BCUT2D eigenvalue weighted by Gasteiger charge is 2.26. The zero-order valence-electron chi connectivity index (χ0n) is 12.4. The molecule has 4 N–H and O–H groups in total. The van der Waals surface area contributed by atoms with E-state index in [1.165, 1.54) is 7.11 Å². The molecule has 0 aliphatic rings. The summed E-state index contributed by atoms with van der Waals surface area (Å²) in [6.07, 6.45) is 1.60. The second-order valence-electron chi connectivity index (χ2n) is 5.00. The normalized spacial score (nSPS) is 11.2. The maximum absolute atomic E-state index is 12.2. The van der Waals surface area contributed by atoms with Crippen LogP contribution in [-0.2, 0) is 0 Å². The summed E-state index contributed by atoms with van der Waals surface area (Å²) in [5.41, 5.74) is 6.34. The van der Waals surface area contributed by atoms with Crippen molar-refractivity contribution in [2.24, 2.45) is 5.41 Å². The summed E-state index contributed by atoms with van der Waals surface area (Å²) < 4.78 is 5.09. The van der Waals surface area contributed by atoms with Gasteiger partial charge in [0.05, 0.1) is 19.3 Å². The van der Waals surface area contributed by atoms with Crippen molar-refractivity contribution in [1.29, 1.82) is 0 Å². The average molecular weight is 280 g/mol. The Morgan fingerprint density at radius 3 is 2.55 bits per heavy atom. The van der Waals surface area contributed by atoms with Crippen molar-refractivity contribution < 1.29 is 14.6 Å². The highest BCUT2D eigenvalue weighted by atomic mass is 16.5. The van der Waals surface area contributed by atoms with E-state index in [1.54, 1.807) is 18.2 Å². The standard InChI is InChI=1S/C15H24N2O3/c1-4-15(5-2,10-18)9-17-14(19)12-8-11(20-3)6-7-13(12)16/h6-8,18H,4-5,9-10,16H2,1-3H3,(H,17,19). The molecule has 0 heterocycles. The Kier molecular flexibility index (Phi) is 5.82. The number of methoxy groups -OCH3 is 1. The van der Waals surface area contributed by atoms with Crippen molar-refractivity contribution in [3.63, 3.8) is 0 Å². The molecule has 0 unspecified atom stereocenters. The third-order valence-electron chi connectivity index (χ3n) is 3.96. The van der Waals surface area contributed by atoms with Gasteiger partial charge in [0.15, 0.2) is 0 Å². The molecule has 0 atom stereocenters. The van der Waals surface area contributed by atoms with Crippen molar-refractivity contribution >= 4 is 11.6 Å². The fourth-order valence-electron chi connectivity index (χ4n) is 2.00. The first-order valence-corrected chi connectivity index (χ1v) is 6.84. The lowest BCUT2D eigenvalue weighted by molar-refractivity contribution is 0.0851. The number of amides is 1. The van der Waals surface area contributed by atoms with Crippen molar-refractivity contribution in [3.05, 3.63) is 23.8 Å². The zero-order valence-corrected chi connectivity index (χ0v) is 12.4. The van der Waals surface area contributed by atoms with E-state index in [9.17, 15) is 9.90 Å². The summed E-state index contributed by atoms with van der Waals surface area (Å²) in [6, 6.07) is 4.97. The number of rotatable bonds is 7. The third-order valence-corrected chi connectivity index (χ3v) is 3.96. The molecule has 0 fully saturated rings. The molecule has 0 spiro atoms. The van der Waals surface area contributed by atoms with E-state index < -0.39 is 0 Å². The smallest absolute Gasteiger partial charge is 0.253 e. The maximum Gasteiger partial charge on any atom is 0.253 e. The minimum atomic E-state index is -0.275. The highest BCUT2D eigenvalue weighted by Crippen LogP contribution is 2.25. The van der Waals surface area contributed by atoms with E-state index >= 15 is 0 Å². The van der Waals surface area contributed by atoms with Crippen LogP contribution in [-0.4, -0.2) is 31.3 Å². The highest BCUT2D eigenvalue weighted by molar-refractivity contribution is 5.99. The predicted octanol–water partition coefficient (Wildman–Crippen LogP) is 1.81. The number of benzene rings is 1. The number of aliphatic hydroxyl groups is 1. The quantitative estimate of drug-likeness (QED) is 0.665. The van der Waals surface area contributed by atoms with Gasteiger partial charge in [0.1, 0.15) is 5.75 Å². The second kappa shape index (κ2) is 7.14. The number of hydrogen-bond donors (Lipinski definition) is 3. The molecule has 1 aromatic carbocycles. The number of carbonyl (C=O) groups is 1. The minimum Gasteiger partial charge on any atom is -0.497 e. The van der Waals surface area contributed by atoms with Crippen LogP contribution in [0.3, 0.4) is 0 Å². The predicted molar refractivity (Wildman–Crippen MR) is 79.8 cm³/mol. The van der Waals surface area contributed by atoms with Gasteiger partial charge in [0.25, 0.3) is 5.91 Å². The Morgan fingerprint density at radius 1 is 1.40 bits per heavy atom. The third kappa shape index (κ3) is 3.63. The summed E-state index contributed by atoms with van der Waals surface area (Å²) in [6.45, 7) is 4.48. The SMILES string of the molecule is CCC(CC)(CO)CNC(=O)c1cc(OC)ccc1N. The van der Waals surface area contributed by atoms with Gasteiger partial charge >= 0.3 is 0 Å². The number of nitrogen functional groups attached to an aromatic ring is 1. The number of nitrogens with one attached hydrogen (secondary N) is 1. The monoisotopic (exact) mass is 280 g/mol. The van der Waals surface area contributed by atoms with Gasteiger partial charge in [-0.05, 0) is 31.0 Å². The van der Waals surface area contributed by atoms with Crippen LogP contribution in [0.15, 0.2) is 18.2 Å². The van der Waals surface area contributed by atoms with Crippen molar-refractivity contribution in [3.8, 4) is 5.75 Å². The van der Waals surface area contributed by atoms with Crippen LogP contribution >= 0.6 is 0 Å². The molecule has 5 nitrogen and oxygen atoms in total. The number of nitrogens with two attached hydrogens (primary N) is 1. The molecule has 1 aromatic rings. The molecule has 0 saturated carbocycles. The number of hydrogen-bond acceptors (Lipinski definition) is 4. The van der Waals surface area contributed by atoms with Crippen molar-refractivity contribution in [2.75, 3.05) is 26.0 Å². The van der Waals surface area contributed by atoms with Gasteiger partial charge < -0.3 is 20.9 Å². The molecule has 0 bridgehead atoms. The van der Waals surface area contributed by atoms with Crippen LogP contribution < -0.4 is 15.8 Å². The summed E-state index contributed by atoms with van der Waals surface area (Å²) >= 11 is 0. The summed E-state index contributed by atoms with van der Waals surface area (Å²) in [4.78, 5) is 12.2. The van der Waals surface area contributed by atoms with Gasteiger partial charge in [0, 0.05) is 17.6 Å². The van der Waals surface area contributed by atoms with E-state index in [-0.39, 0.29) is 17.9 Å². The molecular formula is C15H24N2O3. The molecule has 0 aliphatic carbocycles. The Bertz CT molecular complexity index is 448. The Morgan fingerprint density at radius 2 is 2.05 bits per heavy atom. The Balaban J connectivity index is 2.81. The largest absolute Gasteiger partial charge is 0.497 e. The van der Waals surface area contributed by atoms with Gasteiger partial charge in [-0.3, -0.25) is 4.79 Å². The molecule has 0 saturated heterocycles. The van der Waals surface area contributed by atoms with Crippen LogP contribution in [0.25, 0.3) is 0 Å². The van der Waals surface area contributed by atoms with Crippen LogP contribution in [0.5, 0.6) is 5.75 Å². The van der Waals surface area contributed by atoms with Gasteiger partial charge in [-0.25, -0.2) is 0 Å². The molecule has 112 valence electrons. The summed E-state index contributed by atoms with van der Waals surface area (Å²) in [5.74, 6) is 0.338. The fraction of sp³-hybridized carbons (Fsp3) is 0.533. The van der Waals surface area contributed by atoms with Crippen molar-refractivity contribution in [1.82, 2.24) is 5.32 Å². The molecule has 0 aromatic heterocycles. The van der Waals surface area contributed by atoms with Crippen LogP contribution in [0, 0.1) is 5.41 Å². The first-order valence-electron chi connectivity index (χ1n) is 6.84. The van der Waals surface area contributed by atoms with E-state index in [0.29, 0.717) is 23.5 Å². The number of ether oxygens (including phenoxy) is 1. The Hall–Kier alpha value is -1.75. The number of carbonyl (C=O) groups excluding carboxylic acids is 1. The first kappa shape index (κ1) is 16.3. The van der Waals surface area contributed by atoms with Crippen LogP contribution in [0.2, 0.25) is 0 Å². The van der Waals surface area contributed by atoms with E-state index in [2.05, 4.69) is 5.32 Å². The van der Waals surface area contributed by atoms with E-state index in [0.717, 1.165) is 12.8 Å². The topological polar surface area (TPSA) is 84.6 Å². The van der Waals surface area contributed by atoms with Gasteiger partial charge in [0.2, 0.25) is 0 Å². The summed E-state index contributed by atoms with van der Waals surface area (Å²) in [5, 5.41) is 12.4. The molecule has 20 heavy (non-hydrogen) atoms. The fourth-order valence-corrected chi connectivity index (χ4v) is 2.00. The second-order valence-corrected chi connectivity index (χ2v) is 5.00. The first-order chi connectivity index (χ1) is 9.51. The Labute approximate surface area is 120 Å². The van der Waals surface area contributed by atoms with Crippen LogP contribution in [0.1, 0.15) is 37.0 Å². The summed E-state index contributed by atoms with van der Waals surface area (Å²) in [7, 11) is 1.54. The molecule has 1 rings (SSSR count). The lowest BCUT2D eigenvalue weighted by atomic mass is 9.83. The zero-order chi connectivity index (χ0) is 15.2. The molecular weight excluding hydrogens is 256 g/mol. The number of anilines is 1. The van der Waals surface area contributed by atoms with E-state index in [1.807, 2.05) is 13.8 Å². The average Bonchev–Trinajstić information content (AvgIpc) is 2.49. The van der Waals surface area contributed by atoms with Gasteiger partial charge in [-0.15, -0.1) is 0 Å². The molecule has 5 heteroatoms. The molecule has 0 aliphatic heterocycles. The molecule has 1 amide bonds. The molecule has 0 radical (unpaired) electrons. The van der Waals surface area contributed by atoms with Gasteiger partial charge in [-0.1, -0.05) is 13.8 Å². The minimum absolute atomic E-state index is 0.0495. The van der Waals surface area contributed by atoms with Crippen molar-refractivity contribution in [2.45, 2.75) is 26.7 Å². The number of aliphatic hydroxyl groups excluding tert-OH is 1.